The third kappa shape index (κ3) is 2.51. The lowest BCUT2D eigenvalue weighted by atomic mass is 10.2. The third-order valence-corrected chi connectivity index (χ3v) is 2.85. The summed E-state index contributed by atoms with van der Waals surface area (Å²) in [7, 11) is 0. The van der Waals surface area contributed by atoms with E-state index < -0.39 is 11.6 Å². The van der Waals surface area contributed by atoms with Gasteiger partial charge in [0, 0.05) is 5.92 Å². The Bertz CT molecular complexity index is 566. The molecular weight excluding hydrogens is 260 g/mol. The second-order valence-corrected chi connectivity index (χ2v) is 4.65. The van der Waals surface area contributed by atoms with Crippen LogP contribution in [-0.2, 0) is 6.54 Å². The standard InChI is InChI=1S/C12H12ClF2N3/c1-7(2)11-16-17-12(13)18(11)6-8-3-4-9(14)10(15)5-8/h3-5,7H,6H2,1-2H3. The highest BCUT2D eigenvalue weighted by molar-refractivity contribution is 6.28. The zero-order chi connectivity index (χ0) is 13.3. The van der Waals surface area contributed by atoms with Crippen LogP contribution in [0.3, 0.4) is 0 Å². The van der Waals surface area contributed by atoms with Crippen LogP contribution in [0.15, 0.2) is 18.2 Å². The predicted molar refractivity (Wildman–Crippen MR) is 64.6 cm³/mol. The molecule has 3 nitrogen and oxygen atoms in total. The number of halogens is 3. The maximum Gasteiger partial charge on any atom is 0.225 e. The quantitative estimate of drug-likeness (QED) is 0.857. The third-order valence-electron chi connectivity index (χ3n) is 2.58. The van der Waals surface area contributed by atoms with E-state index in [9.17, 15) is 8.78 Å². The second kappa shape index (κ2) is 5.02. The molecule has 0 atom stereocenters. The molecule has 0 saturated heterocycles. The van der Waals surface area contributed by atoms with E-state index in [1.807, 2.05) is 13.8 Å². The fourth-order valence-corrected chi connectivity index (χ4v) is 1.87. The van der Waals surface area contributed by atoms with Crippen LogP contribution in [0.4, 0.5) is 8.78 Å². The van der Waals surface area contributed by atoms with Gasteiger partial charge in [-0.3, -0.25) is 4.57 Å². The number of nitrogens with zero attached hydrogens (tertiary/aromatic N) is 3. The largest absolute Gasteiger partial charge is 0.297 e. The Morgan fingerprint density at radius 2 is 1.94 bits per heavy atom. The first-order valence-corrected chi connectivity index (χ1v) is 5.89. The number of aromatic nitrogens is 3. The summed E-state index contributed by atoms with van der Waals surface area (Å²) in [5.74, 6) is -0.875. The van der Waals surface area contributed by atoms with E-state index in [1.165, 1.54) is 6.07 Å². The highest BCUT2D eigenvalue weighted by Crippen LogP contribution is 2.19. The number of benzene rings is 1. The first kappa shape index (κ1) is 13.0. The fraction of sp³-hybridized carbons (Fsp3) is 0.333. The van der Waals surface area contributed by atoms with Gasteiger partial charge in [0.1, 0.15) is 5.82 Å². The van der Waals surface area contributed by atoms with Crippen LogP contribution in [0.5, 0.6) is 0 Å². The monoisotopic (exact) mass is 271 g/mol. The molecule has 0 aliphatic heterocycles. The molecule has 0 bridgehead atoms. The zero-order valence-electron chi connectivity index (χ0n) is 9.99. The van der Waals surface area contributed by atoms with E-state index in [1.54, 1.807) is 4.57 Å². The van der Waals surface area contributed by atoms with Crippen molar-refractivity contribution in [2.75, 3.05) is 0 Å². The van der Waals surface area contributed by atoms with Gasteiger partial charge in [-0.2, -0.15) is 0 Å². The zero-order valence-corrected chi connectivity index (χ0v) is 10.7. The molecule has 1 aromatic heterocycles. The lowest BCUT2D eigenvalue weighted by molar-refractivity contribution is 0.506. The van der Waals surface area contributed by atoms with Crippen molar-refractivity contribution < 1.29 is 8.78 Å². The van der Waals surface area contributed by atoms with E-state index in [0.717, 1.165) is 12.1 Å². The van der Waals surface area contributed by atoms with Crippen molar-refractivity contribution in [3.05, 3.63) is 46.5 Å². The second-order valence-electron chi connectivity index (χ2n) is 4.32. The van der Waals surface area contributed by atoms with Crippen molar-refractivity contribution in [2.45, 2.75) is 26.3 Å². The lowest BCUT2D eigenvalue weighted by Crippen LogP contribution is -2.07. The van der Waals surface area contributed by atoms with Gasteiger partial charge in [-0.25, -0.2) is 8.78 Å². The van der Waals surface area contributed by atoms with Gasteiger partial charge in [-0.15, -0.1) is 10.2 Å². The molecule has 2 aromatic rings. The molecule has 0 unspecified atom stereocenters. The molecule has 0 saturated carbocycles. The fourth-order valence-electron chi connectivity index (χ4n) is 1.69. The van der Waals surface area contributed by atoms with Gasteiger partial charge in [-0.1, -0.05) is 19.9 Å². The van der Waals surface area contributed by atoms with E-state index in [0.29, 0.717) is 17.9 Å². The van der Waals surface area contributed by atoms with Crippen LogP contribution >= 0.6 is 11.6 Å². The summed E-state index contributed by atoms with van der Waals surface area (Å²) in [6.45, 7) is 4.24. The summed E-state index contributed by atoms with van der Waals surface area (Å²) in [5.41, 5.74) is 0.609. The van der Waals surface area contributed by atoms with Gasteiger partial charge in [-0.05, 0) is 29.3 Å². The topological polar surface area (TPSA) is 30.7 Å². The van der Waals surface area contributed by atoms with Crippen molar-refractivity contribution in [3.63, 3.8) is 0 Å². The summed E-state index contributed by atoms with van der Waals surface area (Å²) >= 11 is 5.93. The Morgan fingerprint density at radius 3 is 2.56 bits per heavy atom. The maximum absolute atomic E-state index is 13.1. The van der Waals surface area contributed by atoms with Crippen molar-refractivity contribution in [2.24, 2.45) is 0 Å². The number of hydrogen-bond acceptors (Lipinski definition) is 2. The van der Waals surface area contributed by atoms with Gasteiger partial charge >= 0.3 is 0 Å². The molecule has 0 N–H and O–H groups in total. The van der Waals surface area contributed by atoms with Gasteiger partial charge in [0.2, 0.25) is 5.28 Å². The minimum absolute atomic E-state index is 0.148. The molecule has 96 valence electrons. The summed E-state index contributed by atoms with van der Waals surface area (Å²) in [6.07, 6.45) is 0. The van der Waals surface area contributed by atoms with Crippen molar-refractivity contribution >= 4 is 11.6 Å². The van der Waals surface area contributed by atoms with Crippen molar-refractivity contribution in [3.8, 4) is 0 Å². The van der Waals surface area contributed by atoms with Gasteiger partial charge in [0.25, 0.3) is 0 Å². The predicted octanol–water partition coefficient (Wildman–Crippen LogP) is 3.38. The Balaban J connectivity index is 2.33. The Morgan fingerprint density at radius 1 is 1.22 bits per heavy atom. The molecule has 0 aliphatic carbocycles. The summed E-state index contributed by atoms with van der Waals surface area (Å²) < 4.78 is 27.6. The Kier molecular flexibility index (Phi) is 3.61. The minimum atomic E-state index is -0.872. The first-order chi connectivity index (χ1) is 8.49. The highest BCUT2D eigenvalue weighted by atomic mass is 35.5. The van der Waals surface area contributed by atoms with E-state index in [-0.39, 0.29) is 11.2 Å². The van der Waals surface area contributed by atoms with Crippen molar-refractivity contribution in [1.29, 1.82) is 0 Å². The molecule has 0 fully saturated rings. The van der Waals surface area contributed by atoms with Gasteiger partial charge < -0.3 is 0 Å². The average molecular weight is 272 g/mol. The molecule has 0 aliphatic rings. The number of rotatable bonds is 3. The molecule has 1 aromatic carbocycles. The van der Waals surface area contributed by atoms with Crippen molar-refractivity contribution in [1.82, 2.24) is 14.8 Å². The molecule has 1 heterocycles. The molecular formula is C12H12ClF2N3. The van der Waals surface area contributed by atoms with Crippen LogP contribution in [0, 0.1) is 11.6 Å². The van der Waals surface area contributed by atoms with Crippen LogP contribution in [0.25, 0.3) is 0 Å². The summed E-state index contributed by atoms with van der Waals surface area (Å²) in [4.78, 5) is 0. The molecule has 2 rings (SSSR count). The van der Waals surface area contributed by atoms with E-state index >= 15 is 0 Å². The average Bonchev–Trinajstić information content (AvgIpc) is 2.66. The minimum Gasteiger partial charge on any atom is -0.297 e. The first-order valence-electron chi connectivity index (χ1n) is 5.51. The summed E-state index contributed by atoms with van der Waals surface area (Å²) in [6, 6.07) is 3.76. The SMILES string of the molecule is CC(C)c1nnc(Cl)n1Cc1ccc(F)c(F)c1. The molecule has 0 amide bonds. The van der Waals surface area contributed by atoms with Crippen LogP contribution in [-0.4, -0.2) is 14.8 Å². The van der Waals surface area contributed by atoms with Gasteiger partial charge in [0.05, 0.1) is 6.54 Å². The Labute approximate surface area is 108 Å². The van der Waals surface area contributed by atoms with E-state index in [2.05, 4.69) is 10.2 Å². The normalized spacial score (nSPS) is 11.2. The maximum atomic E-state index is 13.1. The Hall–Kier alpha value is -1.49. The van der Waals surface area contributed by atoms with Crippen LogP contribution in [0.2, 0.25) is 5.28 Å². The van der Waals surface area contributed by atoms with Crippen LogP contribution < -0.4 is 0 Å². The van der Waals surface area contributed by atoms with Gasteiger partial charge in [0.15, 0.2) is 11.6 Å². The summed E-state index contributed by atoms with van der Waals surface area (Å²) in [5, 5.41) is 7.99. The van der Waals surface area contributed by atoms with Crippen LogP contribution in [0.1, 0.15) is 31.2 Å². The molecule has 0 radical (unpaired) electrons. The molecule has 0 spiro atoms. The smallest absolute Gasteiger partial charge is 0.225 e. The van der Waals surface area contributed by atoms with E-state index in [4.69, 9.17) is 11.6 Å². The molecule has 6 heteroatoms. The lowest BCUT2D eigenvalue weighted by Gasteiger charge is -2.10. The number of hydrogen-bond donors (Lipinski definition) is 0. The highest BCUT2D eigenvalue weighted by Gasteiger charge is 2.14. The molecule has 18 heavy (non-hydrogen) atoms.